The summed E-state index contributed by atoms with van der Waals surface area (Å²) in [6.45, 7) is 10.3. The van der Waals surface area contributed by atoms with Gasteiger partial charge in [-0.05, 0) is 86.0 Å². The van der Waals surface area contributed by atoms with Gasteiger partial charge in [0.2, 0.25) is 0 Å². The summed E-state index contributed by atoms with van der Waals surface area (Å²) in [4.78, 5) is 42.4. The summed E-state index contributed by atoms with van der Waals surface area (Å²) in [6.07, 6.45) is 11.7. The number of rotatable bonds is 10. The predicted octanol–water partition coefficient (Wildman–Crippen LogP) is 4.21. The van der Waals surface area contributed by atoms with E-state index in [0.717, 1.165) is 111 Å². The average Bonchev–Trinajstić information content (AvgIpc) is 3.17. The number of pyridine rings is 3. The van der Waals surface area contributed by atoms with Crippen molar-refractivity contribution in [2.24, 2.45) is 13.0 Å². The first-order valence-electron chi connectivity index (χ1n) is 18.1. The van der Waals surface area contributed by atoms with Crippen LogP contribution in [0, 0.1) is 5.92 Å². The molecule has 1 N–H and O–H groups in total. The fraction of sp³-hybridized carbons (Fsp3) is 0.487. The Bertz CT molecular complexity index is 1870. The van der Waals surface area contributed by atoms with E-state index in [1.807, 2.05) is 18.3 Å². The van der Waals surface area contributed by atoms with Crippen molar-refractivity contribution in [3.05, 3.63) is 76.7 Å². The van der Waals surface area contributed by atoms with Crippen molar-refractivity contribution in [3.63, 3.8) is 0 Å². The fourth-order valence-corrected chi connectivity index (χ4v) is 8.25. The number of likely N-dealkylation sites (tertiary alicyclic amines) is 1. The number of hydrogen-bond donors (Lipinski definition) is 1. The number of aromatic carboxylic acids is 1. The fourth-order valence-electron chi connectivity index (χ4n) is 8.25. The number of carbonyl (C=O) groups is 1. The number of carboxylic acids is 1. The highest BCUT2D eigenvalue weighted by atomic mass is 16.5. The van der Waals surface area contributed by atoms with Gasteiger partial charge in [0.1, 0.15) is 17.2 Å². The van der Waals surface area contributed by atoms with Crippen LogP contribution in [0.2, 0.25) is 0 Å². The van der Waals surface area contributed by atoms with Crippen LogP contribution in [-0.2, 0) is 13.6 Å². The lowest BCUT2D eigenvalue weighted by Crippen LogP contribution is -2.53. The van der Waals surface area contributed by atoms with Crippen molar-refractivity contribution in [1.82, 2.24) is 29.2 Å². The molecule has 0 radical (unpaired) electrons. The molecule has 3 aliphatic rings. The van der Waals surface area contributed by atoms with Crippen molar-refractivity contribution in [1.29, 1.82) is 0 Å². The topological polar surface area (TPSA) is 117 Å². The van der Waals surface area contributed by atoms with Gasteiger partial charge in [-0.15, -0.1) is 0 Å². The lowest BCUT2D eigenvalue weighted by molar-refractivity contribution is 0.0515. The van der Waals surface area contributed by atoms with Gasteiger partial charge in [-0.1, -0.05) is 0 Å². The number of piperidine rings is 2. The molecule has 0 atom stereocenters. The van der Waals surface area contributed by atoms with E-state index in [1.54, 1.807) is 50.5 Å². The van der Waals surface area contributed by atoms with Crippen molar-refractivity contribution >= 4 is 22.4 Å². The largest absolute Gasteiger partial charge is 0.496 e. The van der Waals surface area contributed by atoms with Crippen LogP contribution in [-0.4, -0.2) is 119 Å². The number of aryl methyl sites for hydroxylation is 1. The van der Waals surface area contributed by atoms with Gasteiger partial charge in [0, 0.05) is 89.6 Å². The van der Waals surface area contributed by atoms with Gasteiger partial charge in [0.05, 0.1) is 37.1 Å². The van der Waals surface area contributed by atoms with Gasteiger partial charge in [-0.3, -0.25) is 19.6 Å². The molecule has 0 saturated carbocycles. The summed E-state index contributed by atoms with van der Waals surface area (Å²) in [5, 5.41) is 10.6. The van der Waals surface area contributed by atoms with Gasteiger partial charge in [0.15, 0.2) is 0 Å². The van der Waals surface area contributed by atoms with Crippen molar-refractivity contribution in [2.45, 2.75) is 38.3 Å². The first kappa shape index (κ1) is 34.9. The molecule has 0 unspecified atom stereocenters. The van der Waals surface area contributed by atoms with E-state index >= 15 is 0 Å². The van der Waals surface area contributed by atoms with Crippen LogP contribution in [0.3, 0.4) is 0 Å². The van der Waals surface area contributed by atoms with Crippen LogP contribution in [0.4, 0.5) is 5.69 Å². The summed E-state index contributed by atoms with van der Waals surface area (Å²) >= 11 is 0. The number of carboxylic acid groups (broad SMARTS) is 1. The summed E-state index contributed by atoms with van der Waals surface area (Å²) < 4.78 is 13.5. The second kappa shape index (κ2) is 15.4. The molecule has 4 aromatic rings. The van der Waals surface area contributed by atoms with Crippen molar-refractivity contribution < 1.29 is 19.4 Å². The number of aromatic nitrogens is 3. The van der Waals surface area contributed by atoms with E-state index in [2.05, 4.69) is 41.7 Å². The van der Waals surface area contributed by atoms with Crippen LogP contribution >= 0.6 is 0 Å². The lowest BCUT2D eigenvalue weighted by Gasteiger charge is -2.44. The minimum absolute atomic E-state index is 0.0713. The minimum atomic E-state index is -0.986. The Morgan fingerprint density at radius 3 is 2.20 bits per heavy atom. The number of hydrogen-bond acceptors (Lipinski definition) is 10. The van der Waals surface area contributed by atoms with Crippen LogP contribution < -0.4 is 19.9 Å². The van der Waals surface area contributed by atoms with Gasteiger partial charge >= 0.3 is 5.97 Å². The third-order valence-electron chi connectivity index (χ3n) is 11.2. The molecular formula is C39H49N7O5. The molecule has 1 aromatic carbocycles. The molecule has 270 valence electrons. The molecule has 12 nitrogen and oxygen atoms in total. The normalized spacial score (nSPS) is 18.7. The molecule has 0 bridgehead atoms. The molecule has 0 amide bonds. The van der Waals surface area contributed by atoms with Gasteiger partial charge in [0.25, 0.3) is 5.56 Å². The maximum Gasteiger partial charge on any atom is 0.354 e. The first-order chi connectivity index (χ1) is 24.8. The highest BCUT2D eigenvalue weighted by Gasteiger charge is 2.30. The molecule has 12 heteroatoms. The Balaban J connectivity index is 0.902. The quantitative estimate of drug-likeness (QED) is 0.257. The summed E-state index contributed by atoms with van der Waals surface area (Å²) in [5.74, 6) is 1.29. The second-order valence-corrected chi connectivity index (χ2v) is 14.2. The Hall–Kier alpha value is -4.52. The summed E-state index contributed by atoms with van der Waals surface area (Å²) in [7, 11) is 5.18. The number of benzene rings is 1. The third-order valence-corrected chi connectivity index (χ3v) is 11.2. The number of methoxy groups -OCH3 is 2. The highest BCUT2D eigenvalue weighted by Crippen LogP contribution is 2.38. The molecule has 6 heterocycles. The van der Waals surface area contributed by atoms with E-state index in [4.69, 9.17) is 14.6 Å². The lowest BCUT2D eigenvalue weighted by atomic mass is 9.94. The van der Waals surface area contributed by atoms with E-state index < -0.39 is 5.97 Å². The van der Waals surface area contributed by atoms with Gasteiger partial charge < -0.3 is 28.9 Å². The Morgan fingerprint density at radius 2 is 1.57 bits per heavy atom. The average molecular weight is 696 g/mol. The zero-order chi connectivity index (χ0) is 35.5. The third kappa shape index (κ3) is 7.58. The SMILES string of the molecule is COc1cc(-c2cn(C)c(=O)c3cnccc23)cc(OC)c1CN1CCN(C2CCN(CC3CCN(c4ccc(C(=O)O)nc4)CC3)CC2)CC1. The molecular weight excluding hydrogens is 646 g/mol. The zero-order valence-electron chi connectivity index (χ0n) is 30.0. The van der Waals surface area contributed by atoms with Crippen LogP contribution in [0.15, 0.2) is 59.9 Å². The summed E-state index contributed by atoms with van der Waals surface area (Å²) in [5.41, 5.74) is 3.94. The molecule has 0 aliphatic carbocycles. The van der Waals surface area contributed by atoms with E-state index in [0.29, 0.717) is 17.3 Å². The Kier molecular flexibility index (Phi) is 10.5. The van der Waals surface area contributed by atoms with Gasteiger partial charge in [-0.25, -0.2) is 9.78 Å². The van der Waals surface area contributed by atoms with Crippen LogP contribution in [0.25, 0.3) is 21.9 Å². The molecule has 3 aromatic heterocycles. The zero-order valence-corrected chi connectivity index (χ0v) is 30.0. The van der Waals surface area contributed by atoms with E-state index in [1.165, 1.54) is 19.4 Å². The van der Waals surface area contributed by atoms with Gasteiger partial charge in [-0.2, -0.15) is 0 Å². The number of nitrogens with zero attached hydrogens (tertiary/aromatic N) is 7. The van der Waals surface area contributed by atoms with Crippen LogP contribution in [0.5, 0.6) is 11.5 Å². The maximum absolute atomic E-state index is 12.8. The number of ether oxygens (including phenoxy) is 2. The summed E-state index contributed by atoms with van der Waals surface area (Å²) in [6, 6.07) is 10.1. The monoisotopic (exact) mass is 695 g/mol. The Morgan fingerprint density at radius 1 is 0.863 bits per heavy atom. The number of piperazine rings is 1. The predicted molar refractivity (Wildman–Crippen MR) is 198 cm³/mol. The minimum Gasteiger partial charge on any atom is -0.496 e. The Labute approximate surface area is 299 Å². The highest BCUT2D eigenvalue weighted by molar-refractivity contribution is 5.95. The molecule has 51 heavy (non-hydrogen) atoms. The van der Waals surface area contributed by atoms with Crippen molar-refractivity contribution in [3.8, 4) is 22.6 Å². The molecule has 3 fully saturated rings. The van der Waals surface area contributed by atoms with Crippen LogP contribution in [0.1, 0.15) is 41.7 Å². The number of anilines is 1. The van der Waals surface area contributed by atoms with E-state index in [-0.39, 0.29) is 11.3 Å². The second-order valence-electron chi connectivity index (χ2n) is 14.2. The molecule has 0 spiro atoms. The number of fused-ring (bicyclic) bond motifs is 1. The maximum atomic E-state index is 12.8. The molecule has 3 saturated heterocycles. The standard InChI is InChI=1S/C39H49N7O5/c1-42-25-33(31-6-11-40-23-32(31)38(42)47)28-20-36(50-2)34(37(21-28)51-3)26-44-16-18-46(19-17-44)29-9-12-43(13-10-29)24-27-7-14-45(15-8-27)30-4-5-35(39(48)49)41-22-30/h4-6,11,20-23,25,27,29H,7-10,12-19,24,26H2,1-3H3,(H,48,49). The smallest absolute Gasteiger partial charge is 0.354 e. The van der Waals surface area contributed by atoms with E-state index in [9.17, 15) is 9.59 Å². The molecule has 7 rings (SSSR count). The molecule has 3 aliphatic heterocycles. The first-order valence-corrected chi connectivity index (χ1v) is 18.1. The van der Waals surface area contributed by atoms with Crippen molar-refractivity contribution in [2.75, 3.05) is 78.0 Å².